The van der Waals surface area contributed by atoms with Crippen LogP contribution in [0.3, 0.4) is 0 Å². The number of aromatic nitrogens is 3. The molecule has 0 bridgehead atoms. The van der Waals surface area contributed by atoms with Gasteiger partial charge in [0.25, 0.3) is 0 Å². The van der Waals surface area contributed by atoms with Crippen LogP contribution in [0.2, 0.25) is 0 Å². The molecule has 14 heavy (non-hydrogen) atoms. The molecule has 0 aromatic carbocycles. The largest absolute Gasteiger partial charge is 0.382 e. The molecular weight excluding hydrogens is 176 g/mol. The quantitative estimate of drug-likeness (QED) is 0.761. The Morgan fingerprint density at radius 3 is 3.00 bits per heavy atom. The van der Waals surface area contributed by atoms with E-state index in [0.717, 1.165) is 17.5 Å². The molecule has 0 saturated carbocycles. The summed E-state index contributed by atoms with van der Waals surface area (Å²) in [7, 11) is 0. The lowest BCUT2D eigenvalue weighted by atomic mass is 10.0. The minimum Gasteiger partial charge on any atom is -0.382 e. The van der Waals surface area contributed by atoms with Crippen LogP contribution in [0.4, 0.5) is 5.82 Å². The van der Waals surface area contributed by atoms with Crippen molar-refractivity contribution in [2.45, 2.75) is 26.2 Å². The first-order valence-electron chi connectivity index (χ1n) is 4.81. The summed E-state index contributed by atoms with van der Waals surface area (Å²) in [6, 6.07) is 0. The molecule has 0 saturated heterocycles. The number of nitrogen functional groups attached to an aromatic ring is 1. The molecule has 74 valence electrons. The molecule has 0 aliphatic heterocycles. The van der Waals surface area contributed by atoms with Crippen LogP contribution in [0.1, 0.15) is 31.7 Å². The Balaban J connectivity index is 2.63. The SMILES string of the molecule is CCC(C)c1c[nH]c2c(N)ncnc12. The van der Waals surface area contributed by atoms with Crippen LogP contribution >= 0.6 is 0 Å². The Bertz CT molecular complexity index is 446. The van der Waals surface area contributed by atoms with Crippen molar-refractivity contribution in [2.75, 3.05) is 5.73 Å². The summed E-state index contributed by atoms with van der Waals surface area (Å²) >= 11 is 0. The zero-order chi connectivity index (χ0) is 10.1. The number of rotatable bonds is 2. The van der Waals surface area contributed by atoms with Gasteiger partial charge >= 0.3 is 0 Å². The van der Waals surface area contributed by atoms with Crippen molar-refractivity contribution in [3.05, 3.63) is 18.1 Å². The van der Waals surface area contributed by atoms with Crippen molar-refractivity contribution in [3.8, 4) is 0 Å². The first-order chi connectivity index (χ1) is 6.74. The summed E-state index contributed by atoms with van der Waals surface area (Å²) in [5, 5.41) is 0. The Morgan fingerprint density at radius 1 is 1.50 bits per heavy atom. The predicted molar refractivity (Wildman–Crippen MR) is 57.0 cm³/mol. The number of fused-ring (bicyclic) bond motifs is 1. The van der Waals surface area contributed by atoms with Crippen molar-refractivity contribution < 1.29 is 0 Å². The molecule has 0 aliphatic rings. The van der Waals surface area contributed by atoms with Gasteiger partial charge in [-0.15, -0.1) is 0 Å². The predicted octanol–water partition coefficient (Wildman–Crippen LogP) is 2.05. The van der Waals surface area contributed by atoms with Crippen LogP contribution in [-0.4, -0.2) is 15.0 Å². The maximum absolute atomic E-state index is 5.73. The minimum atomic E-state index is 0.498. The van der Waals surface area contributed by atoms with Gasteiger partial charge in [-0.05, 0) is 17.9 Å². The molecule has 4 nitrogen and oxygen atoms in total. The topological polar surface area (TPSA) is 67.6 Å². The van der Waals surface area contributed by atoms with Gasteiger partial charge in [0.2, 0.25) is 0 Å². The fraction of sp³-hybridized carbons (Fsp3) is 0.400. The van der Waals surface area contributed by atoms with E-state index in [1.807, 2.05) is 6.20 Å². The number of hydrogen-bond acceptors (Lipinski definition) is 3. The molecule has 0 aliphatic carbocycles. The maximum atomic E-state index is 5.73. The third-order valence-electron chi connectivity index (χ3n) is 2.67. The highest BCUT2D eigenvalue weighted by atomic mass is 14.9. The highest BCUT2D eigenvalue weighted by molar-refractivity contribution is 5.87. The van der Waals surface area contributed by atoms with Crippen LogP contribution in [0, 0.1) is 0 Å². The number of aromatic amines is 1. The van der Waals surface area contributed by atoms with Gasteiger partial charge in [-0.25, -0.2) is 9.97 Å². The summed E-state index contributed by atoms with van der Waals surface area (Å²) in [5.74, 6) is 1.02. The maximum Gasteiger partial charge on any atom is 0.151 e. The number of H-pyrrole nitrogens is 1. The van der Waals surface area contributed by atoms with Gasteiger partial charge in [0.05, 0.1) is 5.52 Å². The second-order valence-electron chi connectivity index (χ2n) is 3.54. The minimum absolute atomic E-state index is 0.498. The number of nitrogens with one attached hydrogen (secondary N) is 1. The van der Waals surface area contributed by atoms with E-state index in [9.17, 15) is 0 Å². The van der Waals surface area contributed by atoms with Crippen molar-refractivity contribution in [2.24, 2.45) is 0 Å². The van der Waals surface area contributed by atoms with Crippen LogP contribution in [0.25, 0.3) is 11.0 Å². The van der Waals surface area contributed by atoms with E-state index in [1.165, 1.54) is 11.9 Å². The summed E-state index contributed by atoms with van der Waals surface area (Å²) in [6.45, 7) is 4.34. The Hall–Kier alpha value is -1.58. The molecule has 0 spiro atoms. The number of nitrogens with two attached hydrogens (primary N) is 1. The monoisotopic (exact) mass is 190 g/mol. The van der Waals surface area contributed by atoms with Crippen molar-refractivity contribution in [1.29, 1.82) is 0 Å². The van der Waals surface area contributed by atoms with E-state index in [0.29, 0.717) is 11.7 Å². The lowest BCUT2D eigenvalue weighted by Crippen LogP contribution is -1.94. The normalized spacial score (nSPS) is 13.3. The molecule has 2 rings (SSSR count). The summed E-state index contributed by atoms with van der Waals surface area (Å²) in [4.78, 5) is 11.3. The van der Waals surface area contributed by atoms with Gasteiger partial charge in [-0.2, -0.15) is 0 Å². The van der Waals surface area contributed by atoms with Crippen LogP contribution in [0.5, 0.6) is 0 Å². The van der Waals surface area contributed by atoms with Gasteiger partial charge in [0.1, 0.15) is 11.8 Å². The zero-order valence-electron chi connectivity index (χ0n) is 8.41. The van der Waals surface area contributed by atoms with E-state index < -0.39 is 0 Å². The molecular formula is C10H14N4. The molecule has 1 unspecified atom stereocenters. The van der Waals surface area contributed by atoms with Gasteiger partial charge in [0.15, 0.2) is 5.82 Å². The Labute approximate surface area is 82.6 Å². The van der Waals surface area contributed by atoms with Crippen molar-refractivity contribution >= 4 is 16.9 Å². The molecule has 0 radical (unpaired) electrons. The summed E-state index contributed by atoms with van der Waals surface area (Å²) in [6.07, 6.45) is 4.58. The lowest BCUT2D eigenvalue weighted by molar-refractivity contribution is 0.738. The second kappa shape index (κ2) is 3.29. The van der Waals surface area contributed by atoms with Gasteiger partial charge in [0, 0.05) is 6.20 Å². The highest BCUT2D eigenvalue weighted by Crippen LogP contribution is 2.27. The van der Waals surface area contributed by atoms with Gasteiger partial charge in [-0.1, -0.05) is 13.8 Å². The van der Waals surface area contributed by atoms with E-state index in [4.69, 9.17) is 5.73 Å². The third-order valence-corrected chi connectivity index (χ3v) is 2.67. The summed E-state index contributed by atoms with van der Waals surface area (Å²) < 4.78 is 0. The smallest absolute Gasteiger partial charge is 0.151 e. The van der Waals surface area contributed by atoms with Crippen LogP contribution in [-0.2, 0) is 0 Å². The Morgan fingerprint density at radius 2 is 2.29 bits per heavy atom. The molecule has 2 heterocycles. The van der Waals surface area contributed by atoms with E-state index in [-0.39, 0.29) is 0 Å². The van der Waals surface area contributed by atoms with Crippen LogP contribution < -0.4 is 5.73 Å². The molecule has 3 N–H and O–H groups in total. The van der Waals surface area contributed by atoms with Crippen LogP contribution in [0.15, 0.2) is 12.5 Å². The molecule has 1 atom stereocenters. The second-order valence-corrected chi connectivity index (χ2v) is 3.54. The third kappa shape index (κ3) is 1.23. The standard InChI is InChI=1S/C10H14N4/c1-3-6(2)7-4-12-9-8(7)13-5-14-10(9)11/h4-6,12H,3H2,1-2H3,(H2,11,13,14). The molecule has 4 heteroatoms. The zero-order valence-corrected chi connectivity index (χ0v) is 8.41. The molecule has 2 aromatic rings. The highest BCUT2D eigenvalue weighted by Gasteiger charge is 2.12. The fourth-order valence-corrected chi connectivity index (χ4v) is 1.57. The van der Waals surface area contributed by atoms with Gasteiger partial charge < -0.3 is 10.7 Å². The molecule has 0 amide bonds. The first-order valence-corrected chi connectivity index (χ1v) is 4.81. The van der Waals surface area contributed by atoms with E-state index >= 15 is 0 Å². The fourth-order valence-electron chi connectivity index (χ4n) is 1.57. The summed E-state index contributed by atoms with van der Waals surface area (Å²) in [5.41, 5.74) is 8.75. The molecule has 2 aromatic heterocycles. The number of hydrogen-bond donors (Lipinski definition) is 2. The average molecular weight is 190 g/mol. The van der Waals surface area contributed by atoms with E-state index in [1.54, 1.807) is 0 Å². The number of nitrogens with zero attached hydrogens (tertiary/aromatic N) is 2. The Kier molecular flexibility index (Phi) is 2.11. The van der Waals surface area contributed by atoms with Gasteiger partial charge in [-0.3, -0.25) is 0 Å². The number of anilines is 1. The van der Waals surface area contributed by atoms with E-state index in [2.05, 4.69) is 28.8 Å². The average Bonchev–Trinajstić information content (AvgIpc) is 2.62. The van der Waals surface area contributed by atoms with Crippen molar-refractivity contribution in [1.82, 2.24) is 15.0 Å². The molecule has 0 fully saturated rings. The first kappa shape index (κ1) is 8.99. The van der Waals surface area contributed by atoms with Crippen molar-refractivity contribution in [3.63, 3.8) is 0 Å². The lowest BCUT2D eigenvalue weighted by Gasteiger charge is -2.05.